The molecular weight excluding hydrogens is 405 g/mol. The van der Waals surface area contributed by atoms with Gasteiger partial charge in [0.1, 0.15) is 0 Å². The predicted molar refractivity (Wildman–Crippen MR) is 123 cm³/mol. The molecule has 0 saturated carbocycles. The molecule has 2 fully saturated rings. The first-order valence-electron chi connectivity index (χ1n) is 10.1. The Labute approximate surface area is 186 Å². The van der Waals surface area contributed by atoms with Crippen LogP contribution in [0, 0.1) is 5.92 Å². The Morgan fingerprint density at radius 1 is 0.897 bits per heavy atom. The van der Waals surface area contributed by atoms with E-state index in [4.69, 9.17) is 5.73 Å². The molecule has 2 aliphatic rings. The summed E-state index contributed by atoms with van der Waals surface area (Å²) in [6.45, 7) is 4.41. The van der Waals surface area contributed by atoms with Crippen LogP contribution < -0.4 is 5.73 Å². The summed E-state index contributed by atoms with van der Waals surface area (Å²) < 4.78 is 0. The molecule has 0 radical (unpaired) electrons. The van der Waals surface area contributed by atoms with Crippen LogP contribution >= 0.6 is 24.8 Å². The Bertz CT molecular complexity index is 751. The third-order valence-electron chi connectivity index (χ3n) is 6.09. The van der Waals surface area contributed by atoms with Crippen LogP contribution in [0.2, 0.25) is 0 Å². The zero-order chi connectivity index (χ0) is 18.6. The van der Waals surface area contributed by atoms with Gasteiger partial charge in [0, 0.05) is 37.5 Å². The van der Waals surface area contributed by atoms with Gasteiger partial charge in [-0.2, -0.15) is 0 Å². The van der Waals surface area contributed by atoms with E-state index in [0.29, 0.717) is 12.5 Å². The van der Waals surface area contributed by atoms with E-state index in [2.05, 4.69) is 59.5 Å². The van der Waals surface area contributed by atoms with Crippen LogP contribution in [0.5, 0.6) is 0 Å². The second-order valence-electron chi connectivity index (χ2n) is 7.96. The minimum absolute atomic E-state index is 0. The van der Waals surface area contributed by atoms with Gasteiger partial charge in [0.05, 0.1) is 0 Å². The van der Waals surface area contributed by atoms with Crippen molar-refractivity contribution in [2.45, 2.75) is 31.3 Å². The molecule has 0 spiro atoms. The maximum atomic E-state index is 13.0. The highest BCUT2D eigenvalue weighted by Crippen LogP contribution is 2.29. The molecule has 158 valence electrons. The number of carbonyl (C=O) groups excluding carboxylic acids is 1. The summed E-state index contributed by atoms with van der Waals surface area (Å²) in [5.74, 6) is 0.718. The molecule has 2 aromatic carbocycles. The van der Waals surface area contributed by atoms with E-state index in [9.17, 15) is 4.79 Å². The molecule has 0 aromatic heterocycles. The summed E-state index contributed by atoms with van der Waals surface area (Å²) in [5.41, 5.74) is 8.97. The van der Waals surface area contributed by atoms with Gasteiger partial charge in [-0.15, -0.1) is 24.8 Å². The lowest BCUT2D eigenvalue weighted by Gasteiger charge is -2.33. The second kappa shape index (κ2) is 11.0. The first-order valence-corrected chi connectivity index (χ1v) is 10.1. The molecule has 0 bridgehead atoms. The van der Waals surface area contributed by atoms with E-state index in [1.165, 1.54) is 11.1 Å². The van der Waals surface area contributed by atoms with Crippen molar-refractivity contribution in [1.29, 1.82) is 0 Å². The van der Waals surface area contributed by atoms with Crippen molar-refractivity contribution in [1.82, 2.24) is 9.80 Å². The molecule has 2 aromatic rings. The van der Waals surface area contributed by atoms with Crippen molar-refractivity contribution in [2.24, 2.45) is 11.7 Å². The van der Waals surface area contributed by atoms with Crippen molar-refractivity contribution in [3.8, 4) is 0 Å². The molecule has 1 amide bonds. The number of nitrogens with zero attached hydrogens (tertiary/aromatic N) is 2. The minimum atomic E-state index is 0. The van der Waals surface area contributed by atoms with Crippen molar-refractivity contribution < 1.29 is 4.79 Å². The number of piperidine rings is 1. The monoisotopic (exact) mass is 435 g/mol. The largest absolute Gasteiger partial charge is 0.340 e. The van der Waals surface area contributed by atoms with Gasteiger partial charge < -0.3 is 10.6 Å². The van der Waals surface area contributed by atoms with Gasteiger partial charge in [0.2, 0.25) is 5.91 Å². The summed E-state index contributed by atoms with van der Waals surface area (Å²) in [5, 5.41) is 0. The van der Waals surface area contributed by atoms with Crippen molar-refractivity contribution >= 4 is 30.7 Å². The molecule has 2 saturated heterocycles. The smallest absolute Gasteiger partial charge is 0.225 e. The summed E-state index contributed by atoms with van der Waals surface area (Å²) in [6.07, 6.45) is 1.90. The lowest BCUT2D eigenvalue weighted by atomic mass is 9.94. The van der Waals surface area contributed by atoms with Crippen LogP contribution in [-0.2, 0) is 11.3 Å². The van der Waals surface area contributed by atoms with Crippen molar-refractivity contribution in [3.63, 3.8) is 0 Å². The van der Waals surface area contributed by atoms with E-state index in [0.717, 1.165) is 39.0 Å². The van der Waals surface area contributed by atoms with Crippen LogP contribution in [-0.4, -0.2) is 47.9 Å². The first kappa shape index (κ1) is 23.7. The van der Waals surface area contributed by atoms with Gasteiger partial charge in [0.15, 0.2) is 0 Å². The lowest BCUT2D eigenvalue weighted by Crippen LogP contribution is -2.42. The predicted octanol–water partition coefficient (Wildman–Crippen LogP) is 3.70. The molecule has 0 aliphatic carbocycles. The fourth-order valence-electron chi connectivity index (χ4n) is 4.50. The number of hydrogen-bond acceptors (Lipinski definition) is 3. The molecule has 2 heterocycles. The number of amides is 1. The third kappa shape index (κ3) is 5.73. The Morgan fingerprint density at radius 2 is 1.48 bits per heavy atom. The van der Waals surface area contributed by atoms with Crippen LogP contribution in [0.4, 0.5) is 0 Å². The van der Waals surface area contributed by atoms with Crippen molar-refractivity contribution in [3.05, 3.63) is 71.8 Å². The molecule has 0 unspecified atom stereocenters. The number of likely N-dealkylation sites (tertiary alicyclic amines) is 2. The summed E-state index contributed by atoms with van der Waals surface area (Å²) in [4.78, 5) is 17.5. The van der Waals surface area contributed by atoms with E-state index in [1.54, 1.807) is 0 Å². The van der Waals surface area contributed by atoms with E-state index < -0.39 is 0 Å². The molecule has 2 atom stereocenters. The lowest BCUT2D eigenvalue weighted by molar-refractivity contribution is -0.136. The molecule has 4 nitrogen and oxygen atoms in total. The Morgan fingerprint density at radius 3 is 2.10 bits per heavy atom. The van der Waals surface area contributed by atoms with Gasteiger partial charge in [-0.3, -0.25) is 9.69 Å². The topological polar surface area (TPSA) is 49.6 Å². The van der Waals surface area contributed by atoms with Gasteiger partial charge in [-0.05, 0) is 37.1 Å². The number of rotatable bonds is 4. The van der Waals surface area contributed by atoms with Gasteiger partial charge in [-0.1, -0.05) is 60.7 Å². The Hall–Kier alpha value is -1.59. The average Bonchev–Trinajstić information content (AvgIpc) is 3.11. The number of hydrogen-bond donors (Lipinski definition) is 1. The highest BCUT2D eigenvalue weighted by molar-refractivity contribution is 5.85. The molecule has 29 heavy (non-hydrogen) atoms. The first-order chi connectivity index (χ1) is 13.2. The fourth-order valence-corrected chi connectivity index (χ4v) is 4.50. The highest BCUT2D eigenvalue weighted by atomic mass is 35.5. The quantitative estimate of drug-likeness (QED) is 0.796. The maximum Gasteiger partial charge on any atom is 0.225 e. The fraction of sp³-hybridized carbons (Fsp3) is 0.435. The number of carbonyl (C=O) groups is 1. The molecule has 2 aliphatic heterocycles. The van der Waals surface area contributed by atoms with E-state index in [-0.39, 0.29) is 42.7 Å². The average molecular weight is 436 g/mol. The SMILES string of the molecule is Cl.Cl.N[C@@H]1CN(C(=O)C2CCN(Cc3ccccc3)CC2)C[C@H]1c1ccccc1. The van der Waals surface area contributed by atoms with E-state index in [1.807, 2.05) is 11.0 Å². The Kier molecular flexibility index (Phi) is 8.97. The number of halogens is 2. The maximum absolute atomic E-state index is 13.0. The minimum Gasteiger partial charge on any atom is -0.340 e. The van der Waals surface area contributed by atoms with Crippen LogP contribution in [0.15, 0.2) is 60.7 Å². The summed E-state index contributed by atoms with van der Waals surface area (Å²) >= 11 is 0. The second-order valence-corrected chi connectivity index (χ2v) is 7.96. The Balaban J connectivity index is 0.00000150. The normalized spacial score (nSPS) is 22.6. The molecule has 4 rings (SSSR count). The zero-order valence-electron chi connectivity index (χ0n) is 16.7. The van der Waals surface area contributed by atoms with Crippen LogP contribution in [0.25, 0.3) is 0 Å². The third-order valence-corrected chi connectivity index (χ3v) is 6.09. The zero-order valence-corrected chi connectivity index (χ0v) is 18.3. The van der Waals surface area contributed by atoms with Gasteiger partial charge in [-0.25, -0.2) is 0 Å². The standard InChI is InChI=1S/C23H29N3O.2ClH/c24-22-17-26(16-21(22)19-9-5-2-6-10-19)23(27)20-11-13-25(14-12-20)15-18-7-3-1-4-8-18;;/h1-10,20-22H,11-17,24H2;2*1H/t21-,22+;;/m0../s1. The van der Waals surface area contributed by atoms with E-state index >= 15 is 0 Å². The summed E-state index contributed by atoms with van der Waals surface area (Å²) in [7, 11) is 0. The van der Waals surface area contributed by atoms with Gasteiger partial charge >= 0.3 is 0 Å². The number of benzene rings is 2. The van der Waals surface area contributed by atoms with Gasteiger partial charge in [0.25, 0.3) is 0 Å². The van der Waals surface area contributed by atoms with Crippen LogP contribution in [0.1, 0.15) is 29.9 Å². The molecular formula is C23H31Cl2N3O. The highest BCUT2D eigenvalue weighted by Gasteiger charge is 2.37. The summed E-state index contributed by atoms with van der Waals surface area (Å²) in [6, 6.07) is 21.0. The molecule has 2 N–H and O–H groups in total. The molecule has 6 heteroatoms. The van der Waals surface area contributed by atoms with Crippen LogP contribution in [0.3, 0.4) is 0 Å². The van der Waals surface area contributed by atoms with Crippen molar-refractivity contribution in [2.75, 3.05) is 26.2 Å². The number of nitrogens with two attached hydrogens (primary N) is 1.